The van der Waals surface area contributed by atoms with Crippen molar-refractivity contribution < 1.29 is 26.4 Å². The molecule has 2 aromatic carbocycles. The maximum Gasteiger partial charge on any atom is 0.417 e. The molecular weight excluding hydrogens is 393 g/mol. The zero-order chi connectivity index (χ0) is 19.5. The third-order valence-corrected chi connectivity index (χ3v) is 5.20. The highest BCUT2D eigenvalue weighted by Crippen LogP contribution is 2.36. The first kappa shape index (κ1) is 20.2. The molecule has 0 bridgehead atoms. The van der Waals surface area contributed by atoms with Crippen molar-refractivity contribution in [3.8, 4) is 0 Å². The highest BCUT2D eigenvalue weighted by atomic mass is 35.5. The minimum Gasteiger partial charge on any atom is -0.325 e. The monoisotopic (exact) mass is 406 g/mol. The van der Waals surface area contributed by atoms with E-state index >= 15 is 0 Å². The minimum atomic E-state index is -4.68. The molecule has 1 amide bonds. The summed E-state index contributed by atoms with van der Waals surface area (Å²) in [7, 11) is -3.95. The van der Waals surface area contributed by atoms with Gasteiger partial charge in [-0.2, -0.15) is 17.9 Å². The van der Waals surface area contributed by atoms with Gasteiger partial charge in [-0.3, -0.25) is 4.79 Å². The van der Waals surface area contributed by atoms with Gasteiger partial charge in [-0.25, -0.2) is 8.42 Å². The number of alkyl halides is 3. The van der Waals surface area contributed by atoms with Crippen LogP contribution in [0.1, 0.15) is 12.5 Å². The molecule has 0 aliphatic carbocycles. The van der Waals surface area contributed by atoms with E-state index in [0.717, 1.165) is 6.07 Å². The van der Waals surface area contributed by atoms with Crippen molar-refractivity contribution in [1.29, 1.82) is 0 Å². The van der Waals surface area contributed by atoms with Crippen LogP contribution in [0.2, 0.25) is 5.02 Å². The highest BCUT2D eigenvalue weighted by Gasteiger charge is 2.33. The van der Waals surface area contributed by atoms with Crippen molar-refractivity contribution in [3.63, 3.8) is 0 Å². The van der Waals surface area contributed by atoms with Crippen LogP contribution in [0.25, 0.3) is 0 Å². The molecule has 0 saturated heterocycles. The molecule has 26 heavy (non-hydrogen) atoms. The predicted molar refractivity (Wildman–Crippen MR) is 91.3 cm³/mol. The molecule has 0 aromatic heterocycles. The predicted octanol–water partition coefficient (Wildman–Crippen LogP) is 3.66. The Labute approximate surface area is 153 Å². The topological polar surface area (TPSA) is 75.3 Å². The van der Waals surface area contributed by atoms with Crippen LogP contribution in [0.3, 0.4) is 0 Å². The first-order valence-electron chi connectivity index (χ1n) is 7.26. The average Bonchev–Trinajstić information content (AvgIpc) is 2.56. The zero-order valence-electron chi connectivity index (χ0n) is 13.3. The van der Waals surface area contributed by atoms with E-state index < -0.39 is 38.7 Å². The van der Waals surface area contributed by atoms with Gasteiger partial charge in [0.2, 0.25) is 15.9 Å². The fourth-order valence-electron chi connectivity index (χ4n) is 2.02. The van der Waals surface area contributed by atoms with Gasteiger partial charge >= 0.3 is 6.18 Å². The molecule has 0 heterocycles. The van der Waals surface area contributed by atoms with E-state index in [-0.39, 0.29) is 10.6 Å². The maximum absolute atomic E-state index is 12.8. The number of carbonyl (C=O) groups excluding carboxylic acids is 1. The molecule has 0 aliphatic rings. The molecule has 0 saturated carbocycles. The van der Waals surface area contributed by atoms with Gasteiger partial charge in [0.1, 0.15) is 0 Å². The normalized spacial score (nSPS) is 13.3. The standard InChI is InChI=1S/C16H14ClF3N2O3S/c1-10(22-26(24,25)12-5-3-2-4-6-12)15(23)21-11-7-8-14(17)13(9-11)16(18,19)20/h2-10,22H,1H3,(H,21,23). The van der Waals surface area contributed by atoms with E-state index in [4.69, 9.17) is 11.6 Å². The fraction of sp³-hybridized carbons (Fsp3) is 0.188. The van der Waals surface area contributed by atoms with Crippen molar-refractivity contribution in [2.24, 2.45) is 0 Å². The van der Waals surface area contributed by atoms with Crippen LogP contribution >= 0.6 is 11.6 Å². The number of sulfonamides is 1. The number of nitrogens with one attached hydrogen (secondary N) is 2. The number of rotatable bonds is 5. The number of hydrogen-bond acceptors (Lipinski definition) is 3. The lowest BCUT2D eigenvalue weighted by Gasteiger charge is -2.16. The number of hydrogen-bond donors (Lipinski definition) is 2. The molecule has 10 heteroatoms. The number of carbonyl (C=O) groups is 1. The smallest absolute Gasteiger partial charge is 0.325 e. The zero-order valence-corrected chi connectivity index (χ0v) is 14.9. The van der Waals surface area contributed by atoms with Crippen LogP contribution in [-0.4, -0.2) is 20.4 Å². The van der Waals surface area contributed by atoms with Gasteiger partial charge in [0.25, 0.3) is 0 Å². The Morgan fingerprint density at radius 1 is 1.12 bits per heavy atom. The highest BCUT2D eigenvalue weighted by molar-refractivity contribution is 7.89. The van der Waals surface area contributed by atoms with E-state index in [2.05, 4.69) is 10.0 Å². The Balaban J connectivity index is 2.13. The molecular formula is C16H14ClF3N2O3S. The molecule has 140 valence electrons. The number of benzene rings is 2. The Bertz CT molecular complexity index is 903. The van der Waals surface area contributed by atoms with Gasteiger partial charge in [-0.05, 0) is 37.3 Å². The van der Waals surface area contributed by atoms with Crippen LogP contribution in [-0.2, 0) is 21.0 Å². The van der Waals surface area contributed by atoms with Gasteiger partial charge in [0.15, 0.2) is 0 Å². The van der Waals surface area contributed by atoms with Crippen LogP contribution in [0.15, 0.2) is 53.4 Å². The second kappa shape index (κ2) is 7.65. The fourth-order valence-corrected chi connectivity index (χ4v) is 3.47. The average molecular weight is 407 g/mol. The SMILES string of the molecule is CC(NS(=O)(=O)c1ccccc1)C(=O)Nc1ccc(Cl)c(C(F)(F)F)c1. The molecule has 0 fully saturated rings. The largest absolute Gasteiger partial charge is 0.417 e. The lowest BCUT2D eigenvalue weighted by Crippen LogP contribution is -2.41. The second-order valence-corrected chi connectivity index (χ2v) is 7.46. The Kier molecular flexibility index (Phi) is 5.94. The van der Waals surface area contributed by atoms with E-state index in [0.29, 0.717) is 6.07 Å². The molecule has 2 rings (SSSR count). The van der Waals surface area contributed by atoms with Gasteiger partial charge in [-0.1, -0.05) is 29.8 Å². The van der Waals surface area contributed by atoms with E-state index in [1.807, 2.05) is 0 Å². The van der Waals surface area contributed by atoms with Crippen LogP contribution < -0.4 is 10.0 Å². The maximum atomic E-state index is 12.8. The van der Waals surface area contributed by atoms with Crippen molar-refractivity contribution in [2.75, 3.05) is 5.32 Å². The van der Waals surface area contributed by atoms with Gasteiger partial charge in [0, 0.05) is 5.69 Å². The summed E-state index contributed by atoms with van der Waals surface area (Å²) >= 11 is 5.51. The molecule has 1 atom stereocenters. The van der Waals surface area contributed by atoms with Crippen LogP contribution in [0.4, 0.5) is 18.9 Å². The summed E-state index contributed by atoms with van der Waals surface area (Å²) < 4.78 is 65.0. The lowest BCUT2D eigenvalue weighted by molar-refractivity contribution is -0.137. The number of anilines is 1. The number of halogens is 4. The van der Waals surface area contributed by atoms with Crippen LogP contribution in [0, 0.1) is 0 Å². The first-order valence-corrected chi connectivity index (χ1v) is 9.12. The second-order valence-electron chi connectivity index (χ2n) is 5.34. The van der Waals surface area contributed by atoms with Crippen LogP contribution in [0.5, 0.6) is 0 Å². The molecule has 2 N–H and O–H groups in total. The summed E-state index contributed by atoms with van der Waals surface area (Å²) in [5, 5.41) is 1.72. The molecule has 0 aliphatic heterocycles. The first-order chi connectivity index (χ1) is 12.0. The molecule has 0 spiro atoms. The van der Waals surface area contributed by atoms with Gasteiger partial charge < -0.3 is 5.32 Å². The quantitative estimate of drug-likeness (QED) is 0.795. The summed E-state index contributed by atoms with van der Waals surface area (Å²) in [6.07, 6.45) is -4.68. The Hall–Kier alpha value is -2.10. The van der Waals surface area contributed by atoms with Crippen molar-refractivity contribution in [1.82, 2.24) is 4.72 Å². The van der Waals surface area contributed by atoms with Crippen molar-refractivity contribution in [2.45, 2.75) is 24.0 Å². The molecule has 5 nitrogen and oxygen atoms in total. The summed E-state index contributed by atoms with van der Waals surface area (Å²) in [4.78, 5) is 12.1. The molecule has 0 radical (unpaired) electrons. The third-order valence-electron chi connectivity index (χ3n) is 3.32. The summed E-state index contributed by atoms with van der Waals surface area (Å²) in [6, 6.07) is 9.02. The molecule has 1 unspecified atom stereocenters. The Morgan fingerprint density at radius 2 is 1.73 bits per heavy atom. The van der Waals surface area contributed by atoms with Gasteiger partial charge in [0.05, 0.1) is 21.5 Å². The summed E-state index contributed by atoms with van der Waals surface area (Å²) in [6.45, 7) is 1.27. The summed E-state index contributed by atoms with van der Waals surface area (Å²) in [5.74, 6) is -0.819. The third kappa shape index (κ3) is 4.96. The molecule has 2 aromatic rings. The summed E-state index contributed by atoms with van der Waals surface area (Å²) in [5.41, 5.74) is -1.26. The van der Waals surface area contributed by atoms with Crippen molar-refractivity contribution >= 4 is 33.2 Å². The van der Waals surface area contributed by atoms with Gasteiger partial charge in [-0.15, -0.1) is 0 Å². The lowest BCUT2D eigenvalue weighted by atomic mass is 10.2. The van der Waals surface area contributed by atoms with Crippen molar-refractivity contribution in [3.05, 3.63) is 59.1 Å². The van der Waals surface area contributed by atoms with E-state index in [1.165, 1.54) is 37.3 Å². The van der Waals surface area contributed by atoms with E-state index in [9.17, 15) is 26.4 Å². The van der Waals surface area contributed by atoms with E-state index in [1.54, 1.807) is 6.07 Å². The number of amides is 1. The Morgan fingerprint density at radius 3 is 2.31 bits per heavy atom. The minimum absolute atomic E-state index is 0.0366.